The number of nitrogens with one attached hydrogen (secondary N) is 1. The van der Waals surface area contributed by atoms with Gasteiger partial charge in [0, 0.05) is 28.0 Å². The number of benzene rings is 5. The third kappa shape index (κ3) is 9.57. The van der Waals surface area contributed by atoms with Gasteiger partial charge in [0.15, 0.2) is 23.0 Å². The summed E-state index contributed by atoms with van der Waals surface area (Å²) in [6.07, 6.45) is -10.3. The molecule has 5 aromatic carbocycles. The Morgan fingerprint density at radius 2 is 1.07 bits per heavy atom. The Bertz CT molecular complexity index is 2330. The molecule has 1 unspecified atom stereocenters. The van der Waals surface area contributed by atoms with E-state index in [2.05, 4.69) is 31.0 Å². The Morgan fingerprint density at radius 3 is 1.53 bits per heavy atom. The maximum atomic E-state index is 13.8. The van der Waals surface area contributed by atoms with Crippen LogP contribution in [0.4, 0.5) is 26.3 Å². The molecule has 60 heavy (non-hydrogen) atoms. The van der Waals surface area contributed by atoms with Gasteiger partial charge in [-0.15, -0.1) is 0 Å². The molecule has 0 aromatic heterocycles. The molecule has 0 fully saturated rings. The lowest BCUT2D eigenvalue weighted by atomic mass is 10.0. The van der Waals surface area contributed by atoms with Gasteiger partial charge in [-0.25, -0.2) is 0 Å². The molecule has 0 spiro atoms. The van der Waals surface area contributed by atoms with E-state index < -0.39 is 36.6 Å². The van der Waals surface area contributed by atoms with Crippen LogP contribution in [0.1, 0.15) is 50.5 Å². The SMILES string of the molecule is C=C(Cc1cc(C(F)(F)F)cc(C(F)(F)F)c1)N[C@H](CN=P(c1cc(C)c(C)c(C)c1)(c1cc(C)c(OC)c(OC)c1)c1cc(OC)c(OC)c(OC)c1)c1ccccc1. The van der Waals surface area contributed by atoms with Gasteiger partial charge in [-0.2, -0.15) is 26.3 Å². The van der Waals surface area contributed by atoms with Gasteiger partial charge in [0.1, 0.15) is 0 Å². The summed E-state index contributed by atoms with van der Waals surface area (Å²) in [6.45, 7) is 12.2. The Labute approximate surface area is 347 Å². The molecular weight excluding hydrogens is 805 g/mol. The monoisotopic (exact) mass is 854 g/mol. The van der Waals surface area contributed by atoms with E-state index in [1.807, 2.05) is 75.4 Å². The lowest BCUT2D eigenvalue weighted by molar-refractivity contribution is -0.143. The van der Waals surface area contributed by atoms with Crippen molar-refractivity contribution >= 4 is 23.0 Å². The van der Waals surface area contributed by atoms with Crippen LogP contribution in [-0.4, -0.2) is 42.1 Å². The second-order valence-electron chi connectivity index (χ2n) is 14.3. The van der Waals surface area contributed by atoms with Crippen LogP contribution in [0.2, 0.25) is 0 Å². The number of hydrogen-bond acceptors (Lipinski definition) is 7. The third-order valence-corrected chi connectivity index (χ3v) is 14.1. The molecule has 0 aliphatic rings. The first kappa shape index (κ1) is 45.5. The van der Waals surface area contributed by atoms with E-state index in [9.17, 15) is 26.3 Å². The number of hydrogen-bond donors (Lipinski definition) is 1. The molecular formula is C46H49F6N2O5P. The van der Waals surface area contributed by atoms with E-state index in [0.29, 0.717) is 40.9 Å². The highest BCUT2D eigenvalue weighted by atomic mass is 31.2. The number of allylic oxidation sites excluding steroid dienone is 1. The van der Waals surface area contributed by atoms with E-state index in [0.717, 1.165) is 43.7 Å². The number of rotatable bonds is 15. The molecule has 0 aliphatic heterocycles. The minimum Gasteiger partial charge on any atom is -0.493 e. The number of nitrogens with zero attached hydrogens (tertiary/aromatic N) is 1. The van der Waals surface area contributed by atoms with Crippen molar-refractivity contribution in [1.29, 1.82) is 0 Å². The predicted octanol–water partition coefficient (Wildman–Crippen LogP) is 10.6. The number of alkyl halides is 6. The zero-order valence-corrected chi connectivity index (χ0v) is 35.9. The number of ether oxygens (including phenoxy) is 5. The molecule has 0 saturated carbocycles. The highest BCUT2D eigenvalue weighted by Gasteiger charge is 2.37. The smallest absolute Gasteiger partial charge is 0.416 e. The van der Waals surface area contributed by atoms with E-state index >= 15 is 0 Å². The molecule has 0 amide bonds. The van der Waals surface area contributed by atoms with Crippen molar-refractivity contribution in [2.75, 3.05) is 42.1 Å². The van der Waals surface area contributed by atoms with E-state index in [-0.39, 0.29) is 30.3 Å². The summed E-state index contributed by atoms with van der Waals surface area (Å²) in [5.74, 6) is 2.20. The van der Waals surface area contributed by atoms with Crippen LogP contribution in [0, 0.1) is 27.7 Å². The summed E-state index contributed by atoms with van der Waals surface area (Å²) in [5, 5.41) is 5.74. The van der Waals surface area contributed by atoms with Gasteiger partial charge >= 0.3 is 12.4 Å². The fourth-order valence-corrected chi connectivity index (χ4v) is 11.1. The Hall–Kier alpha value is -5.55. The van der Waals surface area contributed by atoms with Crippen molar-refractivity contribution in [3.8, 4) is 28.7 Å². The lowest BCUT2D eigenvalue weighted by Crippen LogP contribution is -2.29. The molecule has 14 heteroatoms. The largest absolute Gasteiger partial charge is 0.493 e. The average Bonchev–Trinajstić information content (AvgIpc) is 3.21. The molecule has 5 rings (SSSR count). The fourth-order valence-electron chi connectivity index (χ4n) is 7.26. The molecule has 7 nitrogen and oxygen atoms in total. The average molecular weight is 855 g/mol. The van der Waals surface area contributed by atoms with Crippen molar-refractivity contribution in [2.45, 2.75) is 52.5 Å². The van der Waals surface area contributed by atoms with Gasteiger partial charge in [-0.3, -0.25) is 4.74 Å². The van der Waals surface area contributed by atoms with E-state index in [1.165, 1.54) is 21.3 Å². The van der Waals surface area contributed by atoms with Crippen molar-refractivity contribution in [3.05, 3.63) is 142 Å². The molecule has 0 saturated heterocycles. The van der Waals surface area contributed by atoms with E-state index in [1.54, 1.807) is 14.2 Å². The van der Waals surface area contributed by atoms with Crippen molar-refractivity contribution in [2.24, 2.45) is 4.74 Å². The minimum absolute atomic E-state index is 0.0588. The number of aryl methyl sites for hydroxylation is 3. The van der Waals surface area contributed by atoms with Crippen LogP contribution >= 0.6 is 7.05 Å². The van der Waals surface area contributed by atoms with Crippen LogP contribution in [0.5, 0.6) is 28.7 Å². The van der Waals surface area contributed by atoms with Crippen LogP contribution in [-0.2, 0) is 18.8 Å². The molecule has 2 atom stereocenters. The molecule has 0 aliphatic carbocycles. The summed E-state index contributed by atoms with van der Waals surface area (Å²) in [4.78, 5) is 0. The van der Waals surface area contributed by atoms with Gasteiger partial charge in [0.05, 0.1) is 66.3 Å². The summed E-state index contributed by atoms with van der Waals surface area (Å²) < 4.78 is 118. The minimum atomic E-state index is -4.99. The van der Waals surface area contributed by atoms with Gasteiger partial charge in [0.25, 0.3) is 0 Å². The molecule has 0 radical (unpaired) electrons. The van der Waals surface area contributed by atoms with Crippen molar-refractivity contribution in [3.63, 3.8) is 0 Å². The second-order valence-corrected chi connectivity index (χ2v) is 17.5. The predicted molar refractivity (Wildman–Crippen MR) is 226 cm³/mol. The lowest BCUT2D eigenvalue weighted by Gasteiger charge is -2.31. The number of methoxy groups -OCH3 is 5. The van der Waals surface area contributed by atoms with E-state index in [4.69, 9.17) is 28.4 Å². The zero-order valence-electron chi connectivity index (χ0n) is 35.0. The summed E-state index contributed by atoms with van der Waals surface area (Å²) in [6, 6.07) is 22.1. The standard InChI is InChI=1S/C46H49F6N2O5P/c1-27-16-36(17-28(2)31(27)5)60(37-18-29(3)43(58-9)40(23-37)55-6,38-24-41(56-7)44(59-10)42(25-38)57-8)53-26-39(33-14-12-11-13-15-33)54-30(4)19-32-20-34(45(47,48)49)22-35(21-32)46(50,51)52/h11-18,20-25,39,54H,4,19,26H2,1-3,5-10H3/t39-,60?/m1/s1. The van der Waals surface area contributed by atoms with Crippen LogP contribution in [0.3, 0.4) is 0 Å². The van der Waals surface area contributed by atoms with Crippen molar-refractivity contribution < 1.29 is 50.0 Å². The maximum Gasteiger partial charge on any atom is 0.416 e. The Kier molecular flexibility index (Phi) is 13.9. The first-order chi connectivity index (χ1) is 28.3. The first-order valence-electron chi connectivity index (χ1n) is 18.8. The fraction of sp³-hybridized carbons (Fsp3) is 0.304. The highest BCUT2D eigenvalue weighted by Crippen LogP contribution is 2.52. The Morgan fingerprint density at radius 1 is 0.617 bits per heavy atom. The van der Waals surface area contributed by atoms with Crippen molar-refractivity contribution in [1.82, 2.24) is 5.32 Å². The molecule has 0 heterocycles. The third-order valence-electron chi connectivity index (χ3n) is 10.5. The molecule has 0 bridgehead atoms. The second kappa shape index (κ2) is 18.4. The topological polar surface area (TPSA) is 70.5 Å². The quantitative estimate of drug-likeness (QED) is 0.0836. The van der Waals surface area contributed by atoms with Crippen LogP contribution < -0.4 is 44.9 Å². The maximum absolute atomic E-state index is 13.8. The van der Waals surface area contributed by atoms with Gasteiger partial charge in [-0.05, 0) is 116 Å². The highest BCUT2D eigenvalue weighted by molar-refractivity contribution is 7.87. The van der Waals surface area contributed by atoms with Gasteiger partial charge in [0.2, 0.25) is 5.75 Å². The zero-order chi connectivity index (χ0) is 44.2. The molecule has 1 N–H and O–H groups in total. The normalized spacial score (nSPS) is 13.2. The summed E-state index contributed by atoms with van der Waals surface area (Å²) in [7, 11) is 4.48. The summed E-state index contributed by atoms with van der Waals surface area (Å²) >= 11 is 0. The summed E-state index contributed by atoms with van der Waals surface area (Å²) in [5.41, 5.74) is 1.88. The number of halogens is 6. The van der Waals surface area contributed by atoms with Gasteiger partial charge < -0.3 is 29.0 Å². The molecule has 320 valence electrons. The molecule has 5 aromatic rings. The Balaban J connectivity index is 1.82. The van der Waals surface area contributed by atoms with Crippen LogP contribution in [0.15, 0.2) is 102 Å². The first-order valence-corrected chi connectivity index (χ1v) is 20.5. The van der Waals surface area contributed by atoms with Gasteiger partial charge in [-0.1, -0.05) is 36.9 Å². The van der Waals surface area contributed by atoms with Crippen LogP contribution in [0.25, 0.3) is 0 Å².